The first-order valence-corrected chi connectivity index (χ1v) is 11.9. The second-order valence-electron chi connectivity index (χ2n) is 7.30. The number of para-hydroxylation sites is 1. The van der Waals surface area contributed by atoms with Gasteiger partial charge in [-0.25, -0.2) is 10.2 Å². The molecule has 1 atom stereocenters. The number of hydrazone groups is 1. The Morgan fingerprint density at radius 3 is 2.71 bits per heavy atom. The first kappa shape index (κ1) is 26.2. The summed E-state index contributed by atoms with van der Waals surface area (Å²) in [5.41, 5.74) is 4.81. The average molecular weight is 561 g/mol. The van der Waals surface area contributed by atoms with Crippen LogP contribution in [-0.2, 0) is 14.3 Å². The largest absolute Gasteiger partial charge is 0.496 e. The molecule has 0 bridgehead atoms. The van der Waals surface area contributed by atoms with Crippen LogP contribution < -0.4 is 25.5 Å². The van der Waals surface area contributed by atoms with Crippen molar-refractivity contribution in [1.82, 2.24) is 16.1 Å². The lowest BCUT2D eigenvalue weighted by molar-refractivity contribution is -0.139. The second-order valence-corrected chi connectivity index (χ2v) is 8.57. The summed E-state index contributed by atoms with van der Waals surface area (Å²) < 4.78 is 17.0. The molecule has 0 spiro atoms. The van der Waals surface area contributed by atoms with Gasteiger partial charge in [-0.2, -0.15) is 5.10 Å². The summed E-state index contributed by atoms with van der Waals surface area (Å²) in [5.74, 6) is 0.195. The van der Waals surface area contributed by atoms with Crippen LogP contribution in [0.2, 0.25) is 0 Å². The van der Waals surface area contributed by atoms with Gasteiger partial charge in [0.1, 0.15) is 11.5 Å². The zero-order valence-corrected chi connectivity index (χ0v) is 21.8. The number of hydrogen-bond donors (Lipinski definition) is 3. The van der Waals surface area contributed by atoms with Crippen molar-refractivity contribution >= 4 is 51.4 Å². The molecular formula is C24H25BrN4O5S. The van der Waals surface area contributed by atoms with E-state index in [4.69, 9.17) is 26.4 Å². The number of nitrogens with one attached hydrogen (secondary N) is 3. The molecule has 1 amide bonds. The minimum Gasteiger partial charge on any atom is -0.496 e. The molecule has 0 aliphatic carbocycles. The van der Waals surface area contributed by atoms with Crippen LogP contribution in [0.15, 0.2) is 63.3 Å². The minimum absolute atomic E-state index is 0.235. The van der Waals surface area contributed by atoms with Gasteiger partial charge in [0, 0.05) is 11.3 Å². The highest BCUT2D eigenvalue weighted by atomic mass is 79.9. The van der Waals surface area contributed by atoms with Gasteiger partial charge in [-0.1, -0.05) is 18.2 Å². The molecule has 0 radical (unpaired) electrons. The number of thiocarbonyl (C=S) groups is 1. The smallest absolute Gasteiger partial charge is 0.338 e. The van der Waals surface area contributed by atoms with Crippen molar-refractivity contribution in [1.29, 1.82) is 0 Å². The number of rotatable bonds is 9. The Balaban J connectivity index is 1.69. The molecule has 3 rings (SSSR count). The summed E-state index contributed by atoms with van der Waals surface area (Å²) in [6.45, 7) is 3.44. The fourth-order valence-electron chi connectivity index (χ4n) is 3.37. The zero-order chi connectivity index (χ0) is 25.4. The normalized spacial score (nSPS) is 15.3. The Morgan fingerprint density at radius 2 is 2.00 bits per heavy atom. The number of nitrogens with zero attached hydrogens (tertiary/aromatic N) is 1. The van der Waals surface area contributed by atoms with Crippen LogP contribution in [0.3, 0.4) is 0 Å². The maximum Gasteiger partial charge on any atom is 0.338 e. The fraction of sp³-hybridized carbons (Fsp3) is 0.250. The van der Waals surface area contributed by atoms with Crippen molar-refractivity contribution in [3.63, 3.8) is 0 Å². The molecule has 1 aliphatic heterocycles. The maximum absolute atomic E-state index is 12.6. The van der Waals surface area contributed by atoms with E-state index in [9.17, 15) is 9.59 Å². The lowest BCUT2D eigenvalue weighted by atomic mass is 9.95. The van der Waals surface area contributed by atoms with E-state index in [1.54, 1.807) is 51.3 Å². The van der Waals surface area contributed by atoms with E-state index in [-0.39, 0.29) is 13.2 Å². The lowest BCUT2D eigenvalue weighted by Crippen LogP contribution is -2.45. The van der Waals surface area contributed by atoms with E-state index in [0.717, 1.165) is 10.0 Å². The highest BCUT2D eigenvalue weighted by Crippen LogP contribution is 2.33. The van der Waals surface area contributed by atoms with Crippen LogP contribution in [0.1, 0.15) is 31.0 Å². The molecule has 35 heavy (non-hydrogen) atoms. The van der Waals surface area contributed by atoms with Crippen LogP contribution in [-0.4, -0.2) is 43.5 Å². The summed E-state index contributed by atoms with van der Waals surface area (Å²) in [7, 11) is 1.58. The highest BCUT2D eigenvalue weighted by molar-refractivity contribution is 9.10. The van der Waals surface area contributed by atoms with E-state index in [1.807, 2.05) is 12.1 Å². The SMILES string of the molecule is CCOC(=O)C1=C(C)NC(=S)N[C@H]1c1ccccc1OCC(=O)NN=Cc1ccc(OC)c(Br)c1. The third-order valence-corrected chi connectivity index (χ3v) is 5.77. The van der Waals surface area contributed by atoms with E-state index >= 15 is 0 Å². The van der Waals surface area contributed by atoms with Crippen LogP contribution in [0, 0.1) is 0 Å². The van der Waals surface area contributed by atoms with Gasteiger partial charge in [-0.05, 0) is 71.8 Å². The van der Waals surface area contributed by atoms with Gasteiger partial charge in [0.2, 0.25) is 0 Å². The van der Waals surface area contributed by atoms with E-state index < -0.39 is 17.9 Å². The number of benzene rings is 2. The molecule has 0 saturated heterocycles. The summed E-state index contributed by atoms with van der Waals surface area (Å²) >= 11 is 8.69. The van der Waals surface area contributed by atoms with Crippen LogP contribution >= 0.6 is 28.1 Å². The predicted molar refractivity (Wildman–Crippen MR) is 139 cm³/mol. The molecule has 9 nitrogen and oxygen atoms in total. The molecule has 3 N–H and O–H groups in total. The van der Waals surface area contributed by atoms with Crippen molar-refractivity contribution in [2.24, 2.45) is 5.10 Å². The second kappa shape index (κ2) is 12.3. The van der Waals surface area contributed by atoms with Gasteiger partial charge in [0.25, 0.3) is 5.91 Å². The Hall–Kier alpha value is -3.44. The van der Waals surface area contributed by atoms with E-state index in [0.29, 0.717) is 33.4 Å². The topological polar surface area (TPSA) is 110 Å². The van der Waals surface area contributed by atoms with Crippen molar-refractivity contribution in [2.75, 3.05) is 20.3 Å². The number of halogens is 1. The van der Waals surface area contributed by atoms with Crippen molar-refractivity contribution in [2.45, 2.75) is 19.9 Å². The fourth-order valence-corrected chi connectivity index (χ4v) is 4.20. The Morgan fingerprint density at radius 1 is 1.23 bits per heavy atom. The maximum atomic E-state index is 12.6. The summed E-state index contributed by atoms with van der Waals surface area (Å²) in [6.07, 6.45) is 1.51. The highest BCUT2D eigenvalue weighted by Gasteiger charge is 2.32. The van der Waals surface area contributed by atoms with Gasteiger partial charge in [0.15, 0.2) is 11.7 Å². The third-order valence-electron chi connectivity index (χ3n) is 4.93. The Bertz CT molecular complexity index is 1180. The average Bonchev–Trinajstić information content (AvgIpc) is 2.82. The molecule has 1 aliphatic rings. The quantitative estimate of drug-likeness (QED) is 0.185. The molecule has 184 valence electrons. The first-order valence-electron chi connectivity index (χ1n) is 10.7. The Labute approximate surface area is 217 Å². The van der Waals surface area contributed by atoms with Gasteiger partial charge in [0.05, 0.1) is 36.0 Å². The molecule has 0 unspecified atom stereocenters. The third kappa shape index (κ3) is 6.80. The van der Waals surface area contributed by atoms with Crippen molar-refractivity contribution in [3.05, 3.63) is 69.3 Å². The number of ether oxygens (including phenoxy) is 3. The summed E-state index contributed by atoms with van der Waals surface area (Å²) in [6, 6.07) is 11.9. The molecule has 1 heterocycles. The van der Waals surface area contributed by atoms with Crippen molar-refractivity contribution < 1.29 is 23.8 Å². The first-order chi connectivity index (χ1) is 16.8. The van der Waals surface area contributed by atoms with E-state index in [1.165, 1.54) is 6.21 Å². The summed E-state index contributed by atoms with van der Waals surface area (Å²) in [5, 5.41) is 10.4. The van der Waals surface area contributed by atoms with Gasteiger partial charge in [-0.3, -0.25) is 4.79 Å². The molecule has 0 aromatic heterocycles. The van der Waals surface area contributed by atoms with Gasteiger partial charge >= 0.3 is 5.97 Å². The number of methoxy groups -OCH3 is 1. The van der Waals surface area contributed by atoms with Crippen molar-refractivity contribution in [3.8, 4) is 11.5 Å². The van der Waals surface area contributed by atoms with Gasteiger partial charge in [-0.15, -0.1) is 0 Å². The Kier molecular flexibility index (Phi) is 9.21. The number of carbonyl (C=O) groups is 2. The molecule has 0 fully saturated rings. The monoisotopic (exact) mass is 560 g/mol. The molecule has 2 aromatic rings. The molecule has 2 aromatic carbocycles. The molecule has 0 saturated carbocycles. The lowest BCUT2D eigenvalue weighted by Gasteiger charge is -2.30. The number of amides is 1. The number of esters is 1. The van der Waals surface area contributed by atoms with Crippen LogP contribution in [0.25, 0.3) is 0 Å². The zero-order valence-electron chi connectivity index (χ0n) is 19.4. The number of allylic oxidation sites excluding steroid dienone is 1. The standard InChI is InChI=1S/C24H25BrN4O5S/c1-4-33-23(31)21-14(2)27-24(35)28-22(21)16-7-5-6-8-18(16)34-13-20(30)29-26-12-15-9-10-19(32-3)17(25)11-15/h5-12,22H,4,13H2,1-3H3,(H,29,30)(H2,27,28,35)/t22-/m0/s1. The number of hydrogen-bond acceptors (Lipinski definition) is 7. The van der Waals surface area contributed by atoms with E-state index in [2.05, 4.69) is 37.1 Å². The summed E-state index contributed by atoms with van der Waals surface area (Å²) in [4.78, 5) is 24.9. The molecule has 11 heteroatoms. The molecular weight excluding hydrogens is 536 g/mol. The predicted octanol–water partition coefficient (Wildman–Crippen LogP) is 3.34. The van der Waals surface area contributed by atoms with Crippen LogP contribution in [0.5, 0.6) is 11.5 Å². The minimum atomic E-state index is -0.603. The van der Waals surface area contributed by atoms with Gasteiger partial charge < -0.3 is 24.8 Å². The number of carbonyl (C=O) groups excluding carboxylic acids is 2. The van der Waals surface area contributed by atoms with Crippen LogP contribution in [0.4, 0.5) is 0 Å².